The molecule has 2 aromatic rings. The highest BCUT2D eigenvalue weighted by Crippen LogP contribution is 2.20. The van der Waals surface area contributed by atoms with Crippen LogP contribution in [0, 0.1) is 13.8 Å². The van der Waals surface area contributed by atoms with Gasteiger partial charge in [-0.25, -0.2) is 4.79 Å². The third kappa shape index (κ3) is 4.44. The number of hydrogen-bond acceptors (Lipinski definition) is 2. The number of nitrogens with one attached hydrogen (secondary N) is 2. The van der Waals surface area contributed by atoms with E-state index in [4.69, 9.17) is 0 Å². The molecule has 0 aliphatic heterocycles. The van der Waals surface area contributed by atoms with Crippen LogP contribution in [0.1, 0.15) is 11.1 Å². The zero-order valence-electron chi connectivity index (χ0n) is 12.2. The van der Waals surface area contributed by atoms with E-state index in [1.54, 1.807) is 12.1 Å². The van der Waals surface area contributed by atoms with Crippen LogP contribution >= 0.6 is 0 Å². The second-order valence-corrected chi connectivity index (χ2v) is 4.80. The van der Waals surface area contributed by atoms with E-state index in [1.165, 1.54) is 18.2 Å². The molecule has 0 aliphatic carbocycles. The summed E-state index contributed by atoms with van der Waals surface area (Å²) in [6.07, 6.45) is 0. The molecule has 0 radical (unpaired) electrons. The van der Waals surface area contributed by atoms with Gasteiger partial charge in [0.05, 0.1) is 0 Å². The predicted octanol–water partition coefficient (Wildman–Crippen LogP) is 4.55. The van der Waals surface area contributed by atoms with Crippen molar-refractivity contribution in [2.24, 2.45) is 0 Å². The quantitative estimate of drug-likeness (QED) is 0.870. The number of carbonyl (C=O) groups is 1. The van der Waals surface area contributed by atoms with Crippen LogP contribution in [0.4, 0.5) is 25.0 Å². The molecule has 0 saturated heterocycles. The smallest absolute Gasteiger partial charge is 0.387 e. The molecule has 0 atom stereocenters. The SMILES string of the molecule is Cc1ccc(NC(=O)Nc2cccc(OC(F)F)c2)c(C)c1. The van der Waals surface area contributed by atoms with Crippen LogP contribution in [0.15, 0.2) is 42.5 Å². The van der Waals surface area contributed by atoms with Crippen molar-refractivity contribution in [3.05, 3.63) is 53.6 Å². The van der Waals surface area contributed by atoms with Crippen LogP contribution < -0.4 is 15.4 Å². The van der Waals surface area contributed by atoms with Crippen molar-refractivity contribution >= 4 is 17.4 Å². The number of ether oxygens (including phenoxy) is 1. The van der Waals surface area contributed by atoms with Gasteiger partial charge in [-0.2, -0.15) is 8.78 Å². The highest BCUT2D eigenvalue weighted by molar-refractivity contribution is 6.00. The third-order valence-corrected chi connectivity index (χ3v) is 2.95. The fraction of sp³-hybridized carbons (Fsp3) is 0.188. The number of carbonyl (C=O) groups excluding carboxylic acids is 1. The number of rotatable bonds is 4. The van der Waals surface area contributed by atoms with Gasteiger partial charge in [-0.15, -0.1) is 0 Å². The van der Waals surface area contributed by atoms with Crippen LogP contribution in [-0.4, -0.2) is 12.6 Å². The molecule has 0 unspecified atom stereocenters. The molecule has 0 heterocycles. The van der Waals surface area contributed by atoms with Crippen molar-refractivity contribution in [3.8, 4) is 5.75 Å². The normalized spacial score (nSPS) is 10.4. The summed E-state index contributed by atoms with van der Waals surface area (Å²) in [5.41, 5.74) is 3.08. The molecule has 2 aromatic carbocycles. The van der Waals surface area contributed by atoms with E-state index in [0.29, 0.717) is 11.4 Å². The zero-order valence-corrected chi connectivity index (χ0v) is 12.2. The Labute approximate surface area is 127 Å². The first-order valence-corrected chi connectivity index (χ1v) is 6.64. The Hall–Kier alpha value is -2.63. The summed E-state index contributed by atoms with van der Waals surface area (Å²) in [5, 5.41) is 5.28. The molecular formula is C16H16F2N2O2. The summed E-state index contributed by atoms with van der Waals surface area (Å²) in [4.78, 5) is 11.9. The number of alkyl halides is 2. The van der Waals surface area contributed by atoms with Crippen LogP contribution in [0.5, 0.6) is 5.75 Å². The molecular weight excluding hydrogens is 290 g/mol. The zero-order chi connectivity index (χ0) is 16.1. The first-order chi connectivity index (χ1) is 10.4. The van der Waals surface area contributed by atoms with Crippen LogP contribution in [-0.2, 0) is 0 Å². The lowest BCUT2D eigenvalue weighted by atomic mass is 10.1. The highest BCUT2D eigenvalue weighted by atomic mass is 19.3. The Morgan fingerprint density at radius 2 is 1.86 bits per heavy atom. The van der Waals surface area contributed by atoms with Gasteiger partial charge in [0.15, 0.2) is 0 Å². The molecule has 0 saturated carbocycles. The van der Waals surface area contributed by atoms with Gasteiger partial charge in [-0.05, 0) is 37.6 Å². The minimum absolute atomic E-state index is 0.0145. The van der Waals surface area contributed by atoms with E-state index in [-0.39, 0.29) is 5.75 Å². The molecule has 2 amide bonds. The fourth-order valence-corrected chi connectivity index (χ4v) is 1.99. The van der Waals surface area contributed by atoms with E-state index in [2.05, 4.69) is 15.4 Å². The van der Waals surface area contributed by atoms with Crippen molar-refractivity contribution in [2.75, 3.05) is 10.6 Å². The Bertz CT molecular complexity index is 675. The first-order valence-electron chi connectivity index (χ1n) is 6.64. The molecule has 0 aliphatic rings. The average Bonchev–Trinajstić information content (AvgIpc) is 2.41. The van der Waals surface area contributed by atoms with Crippen molar-refractivity contribution in [1.82, 2.24) is 0 Å². The van der Waals surface area contributed by atoms with Gasteiger partial charge < -0.3 is 15.4 Å². The minimum atomic E-state index is -2.90. The first kappa shape index (κ1) is 15.8. The molecule has 2 N–H and O–H groups in total. The maximum absolute atomic E-state index is 12.2. The van der Waals surface area contributed by atoms with Crippen LogP contribution in [0.3, 0.4) is 0 Å². The number of anilines is 2. The number of urea groups is 1. The highest BCUT2D eigenvalue weighted by Gasteiger charge is 2.08. The van der Waals surface area contributed by atoms with Crippen molar-refractivity contribution in [2.45, 2.75) is 20.5 Å². The number of halogens is 2. The summed E-state index contributed by atoms with van der Waals surface area (Å²) in [7, 11) is 0. The Morgan fingerprint density at radius 1 is 1.09 bits per heavy atom. The van der Waals surface area contributed by atoms with Crippen molar-refractivity contribution in [3.63, 3.8) is 0 Å². The number of amides is 2. The minimum Gasteiger partial charge on any atom is -0.435 e. The van der Waals surface area contributed by atoms with E-state index in [0.717, 1.165) is 11.1 Å². The van der Waals surface area contributed by atoms with E-state index >= 15 is 0 Å². The molecule has 2 rings (SSSR count). The standard InChI is InChI=1S/C16H16F2N2O2/c1-10-6-7-14(11(2)8-10)20-16(21)19-12-4-3-5-13(9-12)22-15(17)18/h3-9,15H,1-2H3,(H2,19,20,21). The van der Waals surface area contributed by atoms with Gasteiger partial charge in [0, 0.05) is 17.4 Å². The molecule has 0 aromatic heterocycles. The average molecular weight is 306 g/mol. The summed E-state index contributed by atoms with van der Waals surface area (Å²) in [6, 6.07) is 11.0. The summed E-state index contributed by atoms with van der Waals surface area (Å²) in [5.74, 6) is -0.0145. The summed E-state index contributed by atoms with van der Waals surface area (Å²) < 4.78 is 28.6. The topological polar surface area (TPSA) is 50.4 Å². The maximum Gasteiger partial charge on any atom is 0.387 e. The van der Waals surface area contributed by atoms with Gasteiger partial charge in [-0.3, -0.25) is 0 Å². The second kappa shape index (κ2) is 6.89. The largest absolute Gasteiger partial charge is 0.435 e. The molecule has 4 nitrogen and oxygen atoms in total. The summed E-state index contributed by atoms with van der Waals surface area (Å²) >= 11 is 0. The Kier molecular flexibility index (Phi) is 4.93. The van der Waals surface area contributed by atoms with Gasteiger partial charge in [0.2, 0.25) is 0 Å². The summed E-state index contributed by atoms with van der Waals surface area (Å²) in [6.45, 7) is 0.949. The molecule has 116 valence electrons. The van der Waals surface area contributed by atoms with E-state index < -0.39 is 12.6 Å². The molecule has 0 spiro atoms. The third-order valence-electron chi connectivity index (χ3n) is 2.95. The van der Waals surface area contributed by atoms with Crippen molar-refractivity contribution in [1.29, 1.82) is 0 Å². The fourth-order valence-electron chi connectivity index (χ4n) is 1.99. The lowest BCUT2D eigenvalue weighted by molar-refractivity contribution is -0.0497. The predicted molar refractivity (Wildman–Crippen MR) is 81.6 cm³/mol. The molecule has 0 fully saturated rings. The van der Waals surface area contributed by atoms with Gasteiger partial charge in [0.25, 0.3) is 0 Å². The van der Waals surface area contributed by atoms with Gasteiger partial charge in [-0.1, -0.05) is 23.8 Å². The van der Waals surface area contributed by atoms with Crippen LogP contribution in [0.25, 0.3) is 0 Å². The lowest BCUT2D eigenvalue weighted by Gasteiger charge is -2.11. The Morgan fingerprint density at radius 3 is 2.55 bits per heavy atom. The molecule has 6 heteroatoms. The van der Waals surface area contributed by atoms with Crippen molar-refractivity contribution < 1.29 is 18.3 Å². The van der Waals surface area contributed by atoms with Gasteiger partial charge >= 0.3 is 12.6 Å². The van der Waals surface area contributed by atoms with Crippen LogP contribution in [0.2, 0.25) is 0 Å². The number of hydrogen-bond donors (Lipinski definition) is 2. The monoisotopic (exact) mass is 306 g/mol. The Balaban J connectivity index is 2.02. The number of aryl methyl sites for hydroxylation is 2. The number of benzene rings is 2. The maximum atomic E-state index is 12.2. The molecule has 22 heavy (non-hydrogen) atoms. The second-order valence-electron chi connectivity index (χ2n) is 4.80. The molecule has 0 bridgehead atoms. The van der Waals surface area contributed by atoms with Gasteiger partial charge in [0.1, 0.15) is 5.75 Å². The van der Waals surface area contributed by atoms with E-state index in [1.807, 2.05) is 26.0 Å². The lowest BCUT2D eigenvalue weighted by Crippen LogP contribution is -2.20. The van der Waals surface area contributed by atoms with E-state index in [9.17, 15) is 13.6 Å².